The highest BCUT2D eigenvalue weighted by Crippen LogP contribution is 2.29. The first kappa shape index (κ1) is 20.4. The van der Waals surface area contributed by atoms with Crippen LogP contribution in [0.15, 0.2) is 18.2 Å². The molecule has 27 heavy (non-hydrogen) atoms. The van der Waals surface area contributed by atoms with Crippen LogP contribution >= 0.6 is 11.6 Å². The monoisotopic (exact) mass is 393 g/mol. The number of ether oxygens (including phenoxy) is 1. The molecular weight excluding hydrogens is 362 g/mol. The van der Waals surface area contributed by atoms with Gasteiger partial charge in [0.25, 0.3) is 5.91 Å². The fourth-order valence-corrected chi connectivity index (χ4v) is 4.14. The highest BCUT2D eigenvalue weighted by molar-refractivity contribution is 6.32. The van der Waals surface area contributed by atoms with E-state index in [9.17, 15) is 4.79 Å². The largest absolute Gasteiger partial charge is 0.489 e. The molecule has 0 aromatic heterocycles. The Morgan fingerprint density at radius 3 is 2.48 bits per heavy atom. The summed E-state index contributed by atoms with van der Waals surface area (Å²) in [4.78, 5) is 16.9. The van der Waals surface area contributed by atoms with E-state index in [0.717, 1.165) is 38.9 Å². The SMILES string of the molecule is CC(C)(C)CN1CCC(Oc2ccc(C(=O)N3CC[C@@H](N)C3)cc2Cl)CC1. The Labute approximate surface area is 167 Å². The van der Waals surface area contributed by atoms with Crippen LogP contribution in [0, 0.1) is 5.41 Å². The molecule has 2 aliphatic heterocycles. The van der Waals surface area contributed by atoms with Gasteiger partial charge in [0.2, 0.25) is 0 Å². The molecule has 0 aliphatic carbocycles. The van der Waals surface area contributed by atoms with E-state index in [4.69, 9.17) is 22.1 Å². The third-order valence-corrected chi connectivity index (χ3v) is 5.51. The summed E-state index contributed by atoms with van der Waals surface area (Å²) >= 11 is 6.41. The summed E-state index contributed by atoms with van der Waals surface area (Å²) in [6.07, 6.45) is 3.03. The first-order valence-electron chi connectivity index (χ1n) is 9.95. The molecule has 0 saturated carbocycles. The second-order valence-electron chi connectivity index (χ2n) is 9.10. The van der Waals surface area contributed by atoms with E-state index >= 15 is 0 Å². The summed E-state index contributed by atoms with van der Waals surface area (Å²) in [7, 11) is 0. The number of benzene rings is 1. The predicted molar refractivity (Wildman–Crippen MR) is 109 cm³/mol. The van der Waals surface area contributed by atoms with Crippen LogP contribution in [0.25, 0.3) is 0 Å². The molecule has 6 heteroatoms. The van der Waals surface area contributed by atoms with Crippen molar-refractivity contribution in [1.29, 1.82) is 0 Å². The second-order valence-corrected chi connectivity index (χ2v) is 9.51. The van der Waals surface area contributed by atoms with Crippen molar-refractivity contribution < 1.29 is 9.53 Å². The van der Waals surface area contributed by atoms with Gasteiger partial charge in [0.05, 0.1) is 5.02 Å². The summed E-state index contributed by atoms with van der Waals surface area (Å²) in [5, 5.41) is 0.501. The number of rotatable bonds is 4. The maximum atomic E-state index is 12.6. The fraction of sp³-hybridized carbons (Fsp3) is 0.667. The van der Waals surface area contributed by atoms with Gasteiger partial charge in [-0.25, -0.2) is 0 Å². The average molecular weight is 394 g/mol. The lowest BCUT2D eigenvalue weighted by molar-refractivity contribution is 0.0788. The lowest BCUT2D eigenvalue weighted by Crippen LogP contribution is -2.42. The molecule has 3 rings (SSSR count). The molecule has 2 aliphatic rings. The molecule has 1 aromatic carbocycles. The molecule has 2 N–H and O–H groups in total. The summed E-state index contributed by atoms with van der Waals surface area (Å²) in [6, 6.07) is 5.43. The Bertz CT molecular complexity index is 666. The molecule has 1 amide bonds. The van der Waals surface area contributed by atoms with Gasteiger partial charge in [-0.1, -0.05) is 32.4 Å². The number of hydrogen-bond donors (Lipinski definition) is 1. The third kappa shape index (κ3) is 5.59. The fourth-order valence-electron chi connectivity index (χ4n) is 3.92. The van der Waals surface area contributed by atoms with E-state index in [2.05, 4.69) is 25.7 Å². The molecule has 5 nitrogen and oxygen atoms in total. The Morgan fingerprint density at radius 2 is 1.93 bits per heavy atom. The summed E-state index contributed by atoms with van der Waals surface area (Å²) in [5.41, 5.74) is 6.82. The van der Waals surface area contributed by atoms with Gasteiger partial charge in [-0.3, -0.25) is 4.79 Å². The molecule has 1 atom stereocenters. The zero-order chi connectivity index (χ0) is 19.6. The number of carbonyl (C=O) groups excluding carboxylic acids is 1. The molecule has 1 aromatic rings. The molecule has 0 bridgehead atoms. The standard InChI is InChI=1S/C21H32ClN3O2/c1-21(2,3)14-24-9-7-17(8-10-24)27-19-5-4-15(12-18(19)22)20(26)25-11-6-16(23)13-25/h4-5,12,16-17H,6-11,13-14,23H2,1-3H3/t16-/m1/s1. The van der Waals surface area contributed by atoms with Crippen LogP contribution in [0.4, 0.5) is 0 Å². The maximum Gasteiger partial charge on any atom is 0.253 e. The predicted octanol–water partition coefficient (Wildman–Crippen LogP) is 3.40. The zero-order valence-electron chi connectivity index (χ0n) is 16.7. The molecule has 0 radical (unpaired) electrons. The highest BCUT2D eigenvalue weighted by atomic mass is 35.5. The van der Waals surface area contributed by atoms with Crippen molar-refractivity contribution in [2.24, 2.45) is 11.1 Å². The number of amides is 1. The normalized spacial score (nSPS) is 22.3. The molecule has 0 unspecified atom stereocenters. The second kappa shape index (κ2) is 8.38. The van der Waals surface area contributed by atoms with Crippen molar-refractivity contribution in [3.63, 3.8) is 0 Å². The highest BCUT2D eigenvalue weighted by Gasteiger charge is 2.26. The van der Waals surface area contributed by atoms with Gasteiger partial charge in [0.1, 0.15) is 11.9 Å². The molecule has 2 fully saturated rings. The van der Waals surface area contributed by atoms with E-state index < -0.39 is 0 Å². The minimum Gasteiger partial charge on any atom is -0.489 e. The number of halogens is 1. The van der Waals surface area contributed by atoms with Crippen LogP contribution in [0.1, 0.15) is 50.4 Å². The minimum atomic E-state index is -0.00751. The quantitative estimate of drug-likeness (QED) is 0.851. The minimum absolute atomic E-state index is 0.00751. The van der Waals surface area contributed by atoms with Crippen molar-refractivity contribution >= 4 is 17.5 Å². The van der Waals surface area contributed by atoms with Gasteiger partial charge in [-0.2, -0.15) is 0 Å². The first-order chi connectivity index (χ1) is 12.7. The van der Waals surface area contributed by atoms with Crippen LogP contribution in [-0.4, -0.2) is 60.6 Å². The van der Waals surface area contributed by atoms with Crippen molar-refractivity contribution in [3.05, 3.63) is 28.8 Å². The molecule has 0 spiro atoms. The Balaban J connectivity index is 1.55. The van der Waals surface area contributed by atoms with E-state index in [0.29, 0.717) is 34.8 Å². The first-order valence-corrected chi connectivity index (χ1v) is 10.3. The molecule has 150 valence electrons. The number of nitrogens with two attached hydrogens (primary N) is 1. The lowest BCUT2D eigenvalue weighted by atomic mass is 9.94. The third-order valence-electron chi connectivity index (χ3n) is 5.22. The Hall–Kier alpha value is -1.30. The van der Waals surface area contributed by atoms with Crippen LogP contribution in [0.5, 0.6) is 5.75 Å². The van der Waals surface area contributed by atoms with E-state index in [1.165, 1.54) is 0 Å². The van der Waals surface area contributed by atoms with Crippen LogP contribution in [0.3, 0.4) is 0 Å². The zero-order valence-corrected chi connectivity index (χ0v) is 17.5. The summed E-state index contributed by atoms with van der Waals surface area (Å²) < 4.78 is 6.14. The topological polar surface area (TPSA) is 58.8 Å². The molecular formula is C21H32ClN3O2. The molecule has 2 heterocycles. The summed E-state index contributed by atoms with van der Waals surface area (Å²) in [5.74, 6) is 0.660. The van der Waals surface area contributed by atoms with E-state index in [-0.39, 0.29) is 18.1 Å². The number of hydrogen-bond acceptors (Lipinski definition) is 4. The molecule has 2 saturated heterocycles. The van der Waals surface area contributed by atoms with Gasteiger partial charge < -0.3 is 20.3 Å². The number of carbonyl (C=O) groups is 1. The maximum absolute atomic E-state index is 12.6. The van der Waals surface area contributed by atoms with E-state index in [1.54, 1.807) is 11.0 Å². The van der Waals surface area contributed by atoms with Gasteiger partial charge in [0, 0.05) is 44.3 Å². The average Bonchev–Trinajstić information content (AvgIpc) is 3.03. The van der Waals surface area contributed by atoms with Gasteiger partial charge in [0.15, 0.2) is 0 Å². The number of likely N-dealkylation sites (tertiary alicyclic amines) is 2. The number of nitrogens with zero attached hydrogens (tertiary/aromatic N) is 2. The van der Waals surface area contributed by atoms with Gasteiger partial charge in [-0.05, 0) is 42.9 Å². The van der Waals surface area contributed by atoms with Gasteiger partial charge in [-0.15, -0.1) is 0 Å². The van der Waals surface area contributed by atoms with E-state index in [1.807, 2.05) is 12.1 Å². The Kier molecular flexibility index (Phi) is 6.34. The van der Waals surface area contributed by atoms with Crippen molar-refractivity contribution in [1.82, 2.24) is 9.80 Å². The van der Waals surface area contributed by atoms with Crippen molar-refractivity contribution in [2.75, 3.05) is 32.7 Å². The smallest absolute Gasteiger partial charge is 0.253 e. The lowest BCUT2D eigenvalue weighted by Gasteiger charge is -2.36. The van der Waals surface area contributed by atoms with Crippen molar-refractivity contribution in [2.45, 2.75) is 52.2 Å². The van der Waals surface area contributed by atoms with Gasteiger partial charge >= 0.3 is 0 Å². The Morgan fingerprint density at radius 1 is 1.22 bits per heavy atom. The summed E-state index contributed by atoms with van der Waals surface area (Å²) in [6.45, 7) is 11.3. The van der Waals surface area contributed by atoms with Crippen LogP contribution < -0.4 is 10.5 Å². The number of piperidine rings is 1. The van der Waals surface area contributed by atoms with Crippen LogP contribution in [0.2, 0.25) is 5.02 Å². The van der Waals surface area contributed by atoms with Crippen LogP contribution in [-0.2, 0) is 0 Å². The van der Waals surface area contributed by atoms with Crippen molar-refractivity contribution in [3.8, 4) is 5.75 Å².